The molecule has 0 aliphatic rings. The zero-order valence-electron chi connectivity index (χ0n) is 19.2. The lowest BCUT2D eigenvalue weighted by Crippen LogP contribution is -2.16. The van der Waals surface area contributed by atoms with Gasteiger partial charge in [-0.15, -0.1) is 11.3 Å². The maximum absolute atomic E-state index is 13.5. The molecule has 2 heterocycles. The Bertz CT molecular complexity index is 1740. The number of amides is 1. The number of carbonyl (C=O) groups excluding carboxylic acids is 1. The summed E-state index contributed by atoms with van der Waals surface area (Å²) >= 11 is 13.7. The third-order valence-electron chi connectivity index (χ3n) is 5.63. The lowest BCUT2D eigenvalue weighted by atomic mass is 9.97. The summed E-state index contributed by atoms with van der Waals surface area (Å²) in [5.41, 5.74) is 3.38. The van der Waals surface area contributed by atoms with Gasteiger partial charge in [-0.05, 0) is 61.0 Å². The molecule has 0 atom stereocenters. The van der Waals surface area contributed by atoms with Crippen LogP contribution in [-0.4, -0.2) is 24.3 Å². The monoisotopic (exact) mass is 568 g/mol. The van der Waals surface area contributed by atoms with Gasteiger partial charge in [0.2, 0.25) is 0 Å². The number of nitrogens with one attached hydrogen (secondary N) is 2. The average Bonchev–Trinajstić information content (AvgIpc) is 3.36. The minimum Gasteiger partial charge on any atom is -0.322 e. The van der Waals surface area contributed by atoms with Crippen molar-refractivity contribution < 1.29 is 13.2 Å². The van der Waals surface area contributed by atoms with Gasteiger partial charge >= 0.3 is 0 Å². The van der Waals surface area contributed by atoms with Crippen molar-refractivity contribution in [3.8, 4) is 11.3 Å². The second kappa shape index (κ2) is 10.1. The minimum atomic E-state index is -3.80. The van der Waals surface area contributed by atoms with E-state index >= 15 is 0 Å². The molecule has 186 valence electrons. The molecule has 0 bridgehead atoms. The molecule has 2 aromatic heterocycles. The van der Waals surface area contributed by atoms with E-state index in [4.69, 9.17) is 28.2 Å². The number of fused-ring (bicyclic) bond motifs is 1. The number of benzene rings is 3. The summed E-state index contributed by atoms with van der Waals surface area (Å²) in [4.78, 5) is 22.3. The predicted octanol–water partition coefficient (Wildman–Crippen LogP) is 7.03. The van der Waals surface area contributed by atoms with E-state index in [0.717, 1.165) is 0 Å². The fourth-order valence-corrected chi connectivity index (χ4v) is 6.19. The lowest BCUT2D eigenvalue weighted by Gasteiger charge is -2.16. The van der Waals surface area contributed by atoms with E-state index in [-0.39, 0.29) is 15.9 Å². The highest BCUT2D eigenvalue weighted by Gasteiger charge is 2.21. The molecule has 0 aliphatic heterocycles. The number of aromatic nitrogens is 2. The number of thiazole rings is 1. The molecule has 5 rings (SSSR count). The molecular formula is C26H18Cl2N4O3S2. The standard InChI is InChI=1S/C26H18Cl2N4O3S2/c1-15-23(20-4-2-3-5-22(20)31-24(15)19-11-6-16(27)14-21(19)28)25(33)30-17-7-9-18(10-8-17)37(34,35)32-26-29-12-13-36-26/h2-14H,1H3,(H,29,32)(H,30,33). The highest BCUT2D eigenvalue weighted by atomic mass is 35.5. The summed E-state index contributed by atoms with van der Waals surface area (Å²) in [6.45, 7) is 1.81. The Kier molecular flexibility index (Phi) is 6.87. The summed E-state index contributed by atoms with van der Waals surface area (Å²) in [5.74, 6) is -0.362. The van der Waals surface area contributed by atoms with Crippen LogP contribution in [0.2, 0.25) is 10.0 Å². The first-order chi connectivity index (χ1) is 17.7. The maximum atomic E-state index is 13.5. The molecule has 37 heavy (non-hydrogen) atoms. The molecule has 0 unspecified atom stereocenters. The minimum absolute atomic E-state index is 0.0471. The highest BCUT2D eigenvalue weighted by Crippen LogP contribution is 2.35. The van der Waals surface area contributed by atoms with Crippen LogP contribution in [0.15, 0.2) is 83.2 Å². The number of hydrogen-bond donors (Lipinski definition) is 2. The van der Waals surface area contributed by atoms with Crippen LogP contribution in [-0.2, 0) is 10.0 Å². The summed E-state index contributed by atoms with van der Waals surface area (Å²) < 4.78 is 27.6. The number of pyridine rings is 1. The fraction of sp³-hybridized carbons (Fsp3) is 0.0385. The van der Waals surface area contributed by atoms with Gasteiger partial charge in [0.1, 0.15) is 0 Å². The normalized spacial score (nSPS) is 11.4. The average molecular weight is 569 g/mol. The Morgan fingerprint density at radius 2 is 1.76 bits per heavy atom. The SMILES string of the molecule is Cc1c(-c2ccc(Cl)cc2Cl)nc2ccccc2c1C(=O)Nc1ccc(S(=O)(=O)Nc2nccs2)cc1. The van der Waals surface area contributed by atoms with Gasteiger partial charge in [0.15, 0.2) is 5.13 Å². The van der Waals surface area contributed by atoms with Crippen molar-refractivity contribution in [2.75, 3.05) is 10.0 Å². The smallest absolute Gasteiger partial charge is 0.263 e. The quantitative estimate of drug-likeness (QED) is 0.229. The second-order valence-corrected chi connectivity index (χ2v) is 11.4. The van der Waals surface area contributed by atoms with Crippen LogP contribution in [0, 0.1) is 6.92 Å². The number of halogens is 2. The van der Waals surface area contributed by atoms with Crippen LogP contribution < -0.4 is 10.0 Å². The van der Waals surface area contributed by atoms with E-state index in [1.807, 2.05) is 31.2 Å². The summed E-state index contributed by atoms with van der Waals surface area (Å²) in [6, 6.07) is 18.4. The van der Waals surface area contributed by atoms with E-state index in [1.165, 1.54) is 41.8 Å². The molecule has 0 saturated heterocycles. The van der Waals surface area contributed by atoms with Crippen LogP contribution in [0.5, 0.6) is 0 Å². The zero-order chi connectivity index (χ0) is 26.2. The van der Waals surface area contributed by atoms with Crippen LogP contribution in [0.4, 0.5) is 10.8 Å². The first kappa shape index (κ1) is 25.2. The number of nitrogens with zero attached hydrogens (tertiary/aromatic N) is 2. The van der Waals surface area contributed by atoms with E-state index in [9.17, 15) is 13.2 Å². The molecule has 2 N–H and O–H groups in total. The number of hydrogen-bond acceptors (Lipinski definition) is 6. The zero-order valence-corrected chi connectivity index (χ0v) is 22.3. The van der Waals surface area contributed by atoms with Gasteiger partial charge in [0.25, 0.3) is 15.9 Å². The molecule has 7 nitrogen and oxygen atoms in total. The van der Waals surface area contributed by atoms with Crippen molar-refractivity contribution in [1.82, 2.24) is 9.97 Å². The van der Waals surface area contributed by atoms with Crippen LogP contribution >= 0.6 is 34.5 Å². The molecule has 11 heteroatoms. The van der Waals surface area contributed by atoms with E-state index in [1.54, 1.807) is 23.6 Å². The van der Waals surface area contributed by atoms with Gasteiger partial charge < -0.3 is 5.32 Å². The Labute approximate surface area is 227 Å². The van der Waals surface area contributed by atoms with Gasteiger partial charge in [0, 0.05) is 33.2 Å². The summed E-state index contributed by atoms with van der Waals surface area (Å²) in [7, 11) is -3.80. The molecule has 5 aromatic rings. The van der Waals surface area contributed by atoms with Gasteiger partial charge in [-0.1, -0.05) is 41.4 Å². The topological polar surface area (TPSA) is 101 Å². The van der Waals surface area contributed by atoms with E-state index < -0.39 is 10.0 Å². The number of carbonyl (C=O) groups is 1. The number of anilines is 2. The highest BCUT2D eigenvalue weighted by molar-refractivity contribution is 7.93. The van der Waals surface area contributed by atoms with Crippen LogP contribution in [0.25, 0.3) is 22.2 Å². The van der Waals surface area contributed by atoms with Gasteiger partial charge in [0.05, 0.1) is 26.7 Å². The predicted molar refractivity (Wildman–Crippen MR) is 149 cm³/mol. The van der Waals surface area contributed by atoms with Crippen LogP contribution in [0.3, 0.4) is 0 Å². The van der Waals surface area contributed by atoms with E-state index in [2.05, 4.69) is 15.0 Å². The third-order valence-corrected chi connectivity index (χ3v) is 8.35. The molecule has 0 saturated carbocycles. The van der Waals surface area contributed by atoms with Gasteiger partial charge in [-0.2, -0.15) is 0 Å². The Balaban J connectivity index is 1.49. The lowest BCUT2D eigenvalue weighted by molar-refractivity contribution is 0.102. The van der Waals surface area contributed by atoms with Gasteiger partial charge in [-0.25, -0.2) is 18.4 Å². The Morgan fingerprint density at radius 3 is 2.46 bits per heavy atom. The first-order valence-electron chi connectivity index (χ1n) is 10.9. The molecule has 1 amide bonds. The Morgan fingerprint density at radius 1 is 1.00 bits per heavy atom. The van der Waals surface area contributed by atoms with Crippen molar-refractivity contribution in [1.29, 1.82) is 0 Å². The molecule has 0 radical (unpaired) electrons. The third kappa shape index (κ3) is 5.17. The largest absolute Gasteiger partial charge is 0.322 e. The molecule has 0 fully saturated rings. The first-order valence-corrected chi connectivity index (χ1v) is 14.0. The Hall–Kier alpha value is -3.50. The molecule has 0 aliphatic carbocycles. The van der Waals surface area contributed by atoms with Gasteiger partial charge in [-0.3, -0.25) is 9.52 Å². The fourth-order valence-electron chi connectivity index (χ4n) is 3.90. The van der Waals surface area contributed by atoms with Crippen molar-refractivity contribution in [2.45, 2.75) is 11.8 Å². The van der Waals surface area contributed by atoms with E-state index in [0.29, 0.717) is 49.0 Å². The van der Waals surface area contributed by atoms with Crippen LogP contribution in [0.1, 0.15) is 15.9 Å². The number of sulfonamides is 1. The maximum Gasteiger partial charge on any atom is 0.263 e. The molecule has 3 aromatic carbocycles. The number of rotatable bonds is 6. The van der Waals surface area contributed by atoms with Crippen molar-refractivity contribution in [2.24, 2.45) is 0 Å². The second-order valence-electron chi connectivity index (χ2n) is 8.02. The van der Waals surface area contributed by atoms with Crippen molar-refractivity contribution in [3.05, 3.63) is 99.5 Å². The van der Waals surface area contributed by atoms with Crippen molar-refractivity contribution in [3.63, 3.8) is 0 Å². The summed E-state index contributed by atoms with van der Waals surface area (Å²) in [6.07, 6.45) is 1.51. The van der Waals surface area contributed by atoms with Crippen molar-refractivity contribution >= 4 is 72.2 Å². The number of para-hydroxylation sites is 1. The summed E-state index contributed by atoms with van der Waals surface area (Å²) in [5, 5.41) is 6.42. The molecule has 0 spiro atoms. The molecular weight excluding hydrogens is 551 g/mol.